The second-order valence-corrected chi connectivity index (χ2v) is 19.2. The Bertz CT molecular complexity index is 1270. The summed E-state index contributed by atoms with van der Waals surface area (Å²) in [6, 6.07) is 0. The Labute approximate surface area is 421 Å². The van der Waals surface area contributed by atoms with Crippen molar-refractivity contribution >= 4 is 17.9 Å². The third-order valence-electron chi connectivity index (χ3n) is 12.4. The van der Waals surface area contributed by atoms with E-state index in [0.717, 1.165) is 96.3 Å². The summed E-state index contributed by atoms with van der Waals surface area (Å²) in [6.45, 7) is 6.48. The quantitative estimate of drug-likeness (QED) is 0.0262. The first kappa shape index (κ1) is 64.8. The maximum absolute atomic E-state index is 12.8. The Morgan fingerprint density at radius 3 is 0.926 bits per heavy atom. The molecule has 0 spiro atoms. The molecule has 0 aliphatic heterocycles. The van der Waals surface area contributed by atoms with Crippen LogP contribution in [0.15, 0.2) is 72.9 Å². The van der Waals surface area contributed by atoms with Crippen molar-refractivity contribution < 1.29 is 28.6 Å². The van der Waals surface area contributed by atoms with E-state index < -0.39 is 6.10 Å². The van der Waals surface area contributed by atoms with Gasteiger partial charge in [-0.15, -0.1) is 0 Å². The lowest BCUT2D eigenvalue weighted by atomic mass is 10.0. The number of unbranched alkanes of at least 4 members (excludes halogenated alkanes) is 29. The third-order valence-corrected chi connectivity index (χ3v) is 12.4. The molecule has 0 N–H and O–H groups in total. The van der Waals surface area contributed by atoms with E-state index in [1.165, 1.54) is 148 Å². The minimum Gasteiger partial charge on any atom is -0.462 e. The molecule has 0 fully saturated rings. The van der Waals surface area contributed by atoms with Gasteiger partial charge in [-0.25, -0.2) is 0 Å². The van der Waals surface area contributed by atoms with E-state index in [1.807, 2.05) is 0 Å². The van der Waals surface area contributed by atoms with E-state index in [0.29, 0.717) is 19.3 Å². The standard InChI is InChI=1S/C62H108O6/c1-4-7-10-13-16-19-21-23-25-27-28-29-30-31-32-33-34-36-37-39-41-43-46-49-52-55-61(64)67-58-59(57-66-60(63)54-51-48-45-18-15-12-9-6-3)68-62(65)56-53-50-47-44-42-40-38-35-26-24-22-20-17-14-11-8-5-2/h7,10,16-17,19-20,23-26,28-29,59H,4-6,8-9,11-15,18,21-22,27,30-58H2,1-3H3/b10-7-,19-16-,20-17-,25-23-,26-24-,29-28-. The molecule has 0 amide bonds. The van der Waals surface area contributed by atoms with Crippen LogP contribution in [-0.2, 0) is 28.6 Å². The summed E-state index contributed by atoms with van der Waals surface area (Å²) in [6.07, 6.45) is 71.9. The van der Waals surface area contributed by atoms with Gasteiger partial charge in [0.25, 0.3) is 0 Å². The maximum Gasteiger partial charge on any atom is 0.306 e. The lowest BCUT2D eigenvalue weighted by Gasteiger charge is -2.18. The van der Waals surface area contributed by atoms with Gasteiger partial charge in [-0.3, -0.25) is 14.4 Å². The predicted molar refractivity (Wildman–Crippen MR) is 293 cm³/mol. The minimum absolute atomic E-state index is 0.0769. The number of rotatable bonds is 52. The first-order valence-corrected chi connectivity index (χ1v) is 28.9. The Balaban J connectivity index is 4.20. The fourth-order valence-corrected chi connectivity index (χ4v) is 8.11. The molecule has 0 heterocycles. The number of allylic oxidation sites excluding steroid dienone is 12. The van der Waals surface area contributed by atoms with Crippen molar-refractivity contribution in [3.8, 4) is 0 Å². The van der Waals surface area contributed by atoms with Crippen molar-refractivity contribution in [2.45, 2.75) is 290 Å². The first-order chi connectivity index (χ1) is 33.5. The van der Waals surface area contributed by atoms with Crippen LogP contribution in [0.25, 0.3) is 0 Å². The van der Waals surface area contributed by atoms with Gasteiger partial charge in [0.15, 0.2) is 6.10 Å². The van der Waals surface area contributed by atoms with Crippen LogP contribution in [0.3, 0.4) is 0 Å². The summed E-state index contributed by atoms with van der Waals surface area (Å²) in [5.41, 5.74) is 0. The second-order valence-electron chi connectivity index (χ2n) is 19.2. The van der Waals surface area contributed by atoms with E-state index in [1.54, 1.807) is 0 Å². The number of hydrogen-bond acceptors (Lipinski definition) is 6. The number of hydrogen-bond donors (Lipinski definition) is 0. The van der Waals surface area contributed by atoms with Gasteiger partial charge in [-0.05, 0) is 89.9 Å². The zero-order valence-electron chi connectivity index (χ0n) is 44.9. The van der Waals surface area contributed by atoms with Gasteiger partial charge >= 0.3 is 17.9 Å². The third kappa shape index (κ3) is 53.8. The average Bonchev–Trinajstić information content (AvgIpc) is 3.34. The Morgan fingerprint density at radius 1 is 0.309 bits per heavy atom. The van der Waals surface area contributed by atoms with E-state index in [4.69, 9.17) is 14.2 Å². The molecule has 0 aromatic rings. The summed E-state index contributed by atoms with van der Waals surface area (Å²) < 4.78 is 16.8. The maximum atomic E-state index is 12.8. The van der Waals surface area contributed by atoms with Gasteiger partial charge in [0.1, 0.15) is 13.2 Å². The van der Waals surface area contributed by atoms with Gasteiger partial charge in [0, 0.05) is 19.3 Å². The van der Waals surface area contributed by atoms with Crippen molar-refractivity contribution in [1.29, 1.82) is 0 Å². The van der Waals surface area contributed by atoms with E-state index in [9.17, 15) is 14.4 Å². The van der Waals surface area contributed by atoms with Crippen LogP contribution in [0.5, 0.6) is 0 Å². The highest BCUT2D eigenvalue weighted by molar-refractivity contribution is 5.71. The number of esters is 3. The average molecular weight is 950 g/mol. The van der Waals surface area contributed by atoms with Crippen molar-refractivity contribution in [1.82, 2.24) is 0 Å². The lowest BCUT2D eigenvalue weighted by Crippen LogP contribution is -2.30. The number of ether oxygens (including phenoxy) is 3. The SMILES string of the molecule is CC/C=C\C/C=C\C/C=C\C/C=C\CCCCCCCCCCCCCCC(=O)OCC(COC(=O)CCCCCCCCCC)OC(=O)CCCCCCCCC/C=C\C/C=C\CCCCC. The second kappa shape index (κ2) is 56.4. The molecule has 6 nitrogen and oxygen atoms in total. The molecule has 392 valence electrons. The molecule has 0 aromatic carbocycles. The molecular weight excluding hydrogens is 841 g/mol. The largest absolute Gasteiger partial charge is 0.462 e. The molecule has 6 heteroatoms. The Morgan fingerprint density at radius 2 is 0.574 bits per heavy atom. The minimum atomic E-state index is -0.777. The molecule has 0 saturated carbocycles. The summed E-state index contributed by atoms with van der Waals surface area (Å²) in [5.74, 6) is -0.883. The van der Waals surface area contributed by atoms with Crippen molar-refractivity contribution in [2.24, 2.45) is 0 Å². The van der Waals surface area contributed by atoms with Crippen LogP contribution in [0.4, 0.5) is 0 Å². The van der Waals surface area contributed by atoms with E-state index >= 15 is 0 Å². The topological polar surface area (TPSA) is 78.9 Å². The van der Waals surface area contributed by atoms with Gasteiger partial charge in [0.05, 0.1) is 0 Å². The zero-order valence-corrected chi connectivity index (χ0v) is 44.9. The highest BCUT2D eigenvalue weighted by Crippen LogP contribution is 2.16. The van der Waals surface area contributed by atoms with Crippen LogP contribution in [0, 0.1) is 0 Å². The van der Waals surface area contributed by atoms with E-state index in [-0.39, 0.29) is 31.1 Å². The molecule has 0 rings (SSSR count). The van der Waals surface area contributed by atoms with E-state index in [2.05, 4.69) is 93.7 Å². The van der Waals surface area contributed by atoms with Crippen LogP contribution >= 0.6 is 0 Å². The monoisotopic (exact) mass is 949 g/mol. The van der Waals surface area contributed by atoms with Gasteiger partial charge in [-0.1, -0.05) is 248 Å². The molecular formula is C62H108O6. The highest BCUT2D eigenvalue weighted by atomic mass is 16.6. The van der Waals surface area contributed by atoms with Crippen molar-refractivity contribution in [2.75, 3.05) is 13.2 Å². The number of carbonyl (C=O) groups excluding carboxylic acids is 3. The molecule has 1 atom stereocenters. The van der Waals surface area contributed by atoms with Crippen LogP contribution in [0.2, 0.25) is 0 Å². The number of carbonyl (C=O) groups is 3. The van der Waals surface area contributed by atoms with Crippen molar-refractivity contribution in [3.05, 3.63) is 72.9 Å². The van der Waals surface area contributed by atoms with Crippen LogP contribution in [0.1, 0.15) is 284 Å². The fourth-order valence-electron chi connectivity index (χ4n) is 8.11. The van der Waals surface area contributed by atoms with Crippen LogP contribution < -0.4 is 0 Å². The first-order valence-electron chi connectivity index (χ1n) is 28.9. The van der Waals surface area contributed by atoms with Gasteiger partial charge in [-0.2, -0.15) is 0 Å². The molecule has 0 bridgehead atoms. The molecule has 0 saturated heterocycles. The highest BCUT2D eigenvalue weighted by Gasteiger charge is 2.19. The summed E-state index contributed by atoms with van der Waals surface area (Å²) in [7, 11) is 0. The molecule has 0 aliphatic rings. The molecule has 68 heavy (non-hydrogen) atoms. The smallest absolute Gasteiger partial charge is 0.306 e. The molecule has 0 aromatic heterocycles. The molecule has 0 aliphatic carbocycles. The zero-order chi connectivity index (χ0) is 49.3. The molecule has 1 unspecified atom stereocenters. The fraction of sp³-hybridized carbons (Fsp3) is 0.758. The predicted octanol–water partition coefficient (Wildman–Crippen LogP) is 19.4. The Hall–Kier alpha value is -3.15. The Kier molecular flexibility index (Phi) is 53.8. The van der Waals surface area contributed by atoms with Gasteiger partial charge < -0.3 is 14.2 Å². The summed E-state index contributed by atoms with van der Waals surface area (Å²) >= 11 is 0. The molecule has 0 radical (unpaired) electrons. The van der Waals surface area contributed by atoms with Crippen molar-refractivity contribution in [3.63, 3.8) is 0 Å². The van der Waals surface area contributed by atoms with Crippen LogP contribution in [-0.4, -0.2) is 37.2 Å². The lowest BCUT2D eigenvalue weighted by molar-refractivity contribution is -0.167. The normalized spacial score (nSPS) is 12.6. The summed E-state index contributed by atoms with van der Waals surface area (Å²) in [5, 5.41) is 0. The summed E-state index contributed by atoms with van der Waals surface area (Å²) in [4.78, 5) is 38.0. The van der Waals surface area contributed by atoms with Gasteiger partial charge in [0.2, 0.25) is 0 Å².